The Morgan fingerprint density at radius 2 is 2.10 bits per heavy atom. The van der Waals surface area contributed by atoms with Crippen molar-refractivity contribution < 1.29 is 9.53 Å². The van der Waals surface area contributed by atoms with Gasteiger partial charge in [-0.1, -0.05) is 0 Å². The molecule has 1 saturated carbocycles. The molecule has 6 nitrogen and oxygen atoms in total. The molecule has 1 saturated heterocycles. The molecule has 1 aliphatic carbocycles. The number of nitrogens with zero attached hydrogens (tertiary/aromatic N) is 4. The van der Waals surface area contributed by atoms with Crippen LogP contribution in [0.5, 0.6) is 0 Å². The van der Waals surface area contributed by atoms with Crippen LogP contribution in [0.15, 0.2) is 18.6 Å². The van der Waals surface area contributed by atoms with Gasteiger partial charge in [-0.15, -0.1) is 0 Å². The molecule has 3 rings (SSSR count). The highest BCUT2D eigenvalue weighted by Gasteiger charge is 2.30. The van der Waals surface area contributed by atoms with Crippen LogP contribution >= 0.6 is 0 Å². The number of carbonyl (C=O) groups excluding carboxylic acids is 1. The first kappa shape index (κ1) is 14.1. The third-order valence-corrected chi connectivity index (χ3v) is 4.30. The second kappa shape index (κ2) is 6.28. The lowest BCUT2D eigenvalue weighted by molar-refractivity contribution is 0.0606. The molecule has 1 amide bonds. The van der Waals surface area contributed by atoms with E-state index in [4.69, 9.17) is 4.74 Å². The molecule has 0 N–H and O–H groups in total. The molecular formula is C15H22N4O2. The van der Waals surface area contributed by atoms with Crippen molar-refractivity contribution in [3.05, 3.63) is 18.6 Å². The van der Waals surface area contributed by atoms with E-state index in [-0.39, 0.29) is 18.2 Å². The molecule has 1 aromatic rings. The summed E-state index contributed by atoms with van der Waals surface area (Å²) in [5.74, 6) is 0.869. The number of hydrogen-bond donors (Lipinski definition) is 0. The fourth-order valence-electron chi connectivity index (χ4n) is 3.13. The number of carbonyl (C=O) groups is 1. The summed E-state index contributed by atoms with van der Waals surface area (Å²) < 4.78 is 5.58. The molecule has 1 atom stereocenters. The van der Waals surface area contributed by atoms with Crippen LogP contribution in [0.2, 0.25) is 0 Å². The number of piperazine rings is 1. The minimum Gasteiger partial charge on any atom is -0.446 e. The first-order chi connectivity index (χ1) is 10.2. The zero-order valence-electron chi connectivity index (χ0n) is 12.4. The summed E-state index contributed by atoms with van der Waals surface area (Å²) in [7, 11) is 0. The van der Waals surface area contributed by atoms with Crippen molar-refractivity contribution >= 4 is 11.9 Å². The monoisotopic (exact) mass is 290 g/mol. The van der Waals surface area contributed by atoms with Gasteiger partial charge in [0.25, 0.3) is 0 Å². The molecule has 1 aliphatic heterocycles. The molecule has 1 aromatic heterocycles. The maximum absolute atomic E-state index is 12.2. The minimum atomic E-state index is -0.160. The number of hydrogen-bond acceptors (Lipinski definition) is 5. The highest BCUT2D eigenvalue weighted by Crippen LogP contribution is 2.23. The van der Waals surface area contributed by atoms with Crippen molar-refractivity contribution in [2.24, 2.45) is 0 Å². The molecular weight excluding hydrogens is 268 g/mol. The Morgan fingerprint density at radius 1 is 1.29 bits per heavy atom. The van der Waals surface area contributed by atoms with E-state index in [2.05, 4.69) is 21.8 Å². The number of aromatic nitrogens is 2. The summed E-state index contributed by atoms with van der Waals surface area (Å²) in [6.45, 7) is 4.21. The van der Waals surface area contributed by atoms with Crippen LogP contribution in [-0.4, -0.2) is 52.7 Å². The lowest BCUT2D eigenvalue weighted by Gasteiger charge is -2.40. The molecule has 0 bridgehead atoms. The molecule has 2 fully saturated rings. The van der Waals surface area contributed by atoms with Crippen LogP contribution < -0.4 is 4.90 Å². The highest BCUT2D eigenvalue weighted by molar-refractivity contribution is 5.68. The summed E-state index contributed by atoms with van der Waals surface area (Å²) in [5.41, 5.74) is 0. The molecule has 1 unspecified atom stereocenters. The fourth-order valence-corrected chi connectivity index (χ4v) is 3.13. The van der Waals surface area contributed by atoms with Gasteiger partial charge in [-0.3, -0.25) is 4.98 Å². The molecule has 2 heterocycles. The van der Waals surface area contributed by atoms with Gasteiger partial charge in [-0.05, 0) is 32.6 Å². The van der Waals surface area contributed by atoms with Gasteiger partial charge in [0, 0.05) is 38.1 Å². The van der Waals surface area contributed by atoms with Crippen LogP contribution in [0.1, 0.15) is 32.6 Å². The van der Waals surface area contributed by atoms with Gasteiger partial charge in [-0.25, -0.2) is 9.78 Å². The highest BCUT2D eigenvalue weighted by atomic mass is 16.6. The summed E-state index contributed by atoms with van der Waals surface area (Å²) in [6.07, 6.45) is 9.49. The molecule has 0 aromatic carbocycles. The van der Waals surface area contributed by atoms with Gasteiger partial charge in [0.2, 0.25) is 0 Å². The van der Waals surface area contributed by atoms with Crippen molar-refractivity contribution in [3.63, 3.8) is 0 Å². The van der Waals surface area contributed by atoms with Crippen LogP contribution in [0.4, 0.5) is 10.6 Å². The summed E-state index contributed by atoms with van der Waals surface area (Å²) in [4.78, 5) is 24.6. The van der Waals surface area contributed by atoms with E-state index in [1.807, 2.05) is 4.90 Å². The SMILES string of the molecule is CC1CN(C(=O)OC2CCCC2)CCN1c1cnccn1. The van der Waals surface area contributed by atoms with Crippen molar-refractivity contribution in [2.75, 3.05) is 24.5 Å². The number of rotatable bonds is 2. The van der Waals surface area contributed by atoms with Gasteiger partial charge in [-0.2, -0.15) is 0 Å². The second-order valence-corrected chi connectivity index (χ2v) is 5.84. The first-order valence-corrected chi connectivity index (χ1v) is 7.72. The third kappa shape index (κ3) is 3.25. The van der Waals surface area contributed by atoms with E-state index in [1.54, 1.807) is 18.6 Å². The largest absolute Gasteiger partial charge is 0.446 e. The maximum atomic E-state index is 12.2. The number of anilines is 1. The van der Waals surface area contributed by atoms with Crippen LogP contribution in [0.25, 0.3) is 0 Å². The fraction of sp³-hybridized carbons (Fsp3) is 0.667. The lowest BCUT2D eigenvalue weighted by atomic mass is 10.2. The quantitative estimate of drug-likeness (QED) is 0.834. The van der Waals surface area contributed by atoms with E-state index >= 15 is 0 Å². The third-order valence-electron chi connectivity index (χ3n) is 4.30. The summed E-state index contributed by atoms with van der Waals surface area (Å²) >= 11 is 0. The standard InChI is InChI=1S/C15H22N4O2/c1-12-11-18(15(20)21-13-4-2-3-5-13)8-9-19(12)14-10-16-6-7-17-14/h6-7,10,12-13H,2-5,8-9,11H2,1H3. The van der Waals surface area contributed by atoms with Gasteiger partial charge < -0.3 is 14.5 Å². The van der Waals surface area contributed by atoms with E-state index < -0.39 is 0 Å². The predicted octanol–water partition coefficient (Wildman–Crippen LogP) is 2.07. The van der Waals surface area contributed by atoms with Crippen LogP contribution in [0.3, 0.4) is 0 Å². The van der Waals surface area contributed by atoms with Gasteiger partial charge in [0.15, 0.2) is 0 Å². The molecule has 0 radical (unpaired) electrons. The minimum absolute atomic E-state index is 0.130. The Labute approximate surface area is 125 Å². The van der Waals surface area contributed by atoms with Gasteiger partial charge in [0.05, 0.1) is 6.20 Å². The molecule has 2 aliphatic rings. The predicted molar refractivity (Wildman–Crippen MR) is 79.2 cm³/mol. The lowest BCUT2D eigenvalue weighted by Crippen LogP contribution is -2.54. The number of amides is 1. The second-order valence-electron chi connectivity index (χ2n) is 5.84. The summed E-state index contributed by atoms with van der Waals surface area (Å²) in [6, 6.07) is 0.214. The van der Waals surface area contributed by atoms with Crippen molar-refractivity contribution in [1.29, 1.82) is 0 Å². The average molecular weight is 290 g/mol. The molecule has 6 heteroatoms. The zero-order chi connectivity index (χ0) is 14.7. The van der Waals surface area contributed by atoms with Gasteiger partial charge in [0.1, 0.15) is 11.9 Å². The topological polar surface area (TPSA) is 58.6 Å². The number of ether oxygens (including phenoxy) is 1. The van der Waals surface area contributed by atoms with Crippen molar-refractivity contribution in [2.45, 2.75) is 44.8 Å². The normalized spacial score (nSPS) is 23.4. The van der Waals surface area contributed by atoms with E-state index in [1.165, 1.54) is 12.8 Å². The van der Waals surface area contributed by atoms with Gasteiger partial charge >= 0.3 is 6.09 Å². The Balaban J connectivity index is 1.56. The Hall–Kier alpha value is -1.85. The van der Waals surface area contributed by atoms with E-state index in [0.717, 1.165) is 25.2 Å². The molecule has 21 heavy (non-hydrogen) atoms. The van der Waals surface area contributed by atoms with Crippen LogP contribution in [-0.2, 0) is 4.74 Å². The maximum Gasteiger partial charge on any atom is 0.410 e. The first-order valence-electron chi connectivity index (χ1n) is 7.72. The van der Waals surface area contributed by atoms with Crippen LogP contribution in [0, 0.1) is 0 Å². The zero-order valence-corrected chi connectivity index (χ0v) is 12.4. The Morgan fingerprint density at radius 3 is 2.76 bits per heavy atom. The average Bonchev–Trinajstić information content (AvgIpc) is 3.01. The molecule has 0 spiro atoms. The van der Waals surface area contributed by atoms with Crippen molar-refractivity contribution in [1.82, 2.24) is 14.9 Å². The Bertz CT molecular complexity index is 476. The van der Waals surface area contributed by atoms with Crippen molar-refractivity contribution in [3.8, 4) is 0 Å². The summed E-state index contributed by atoms with van der Waals surface area (Å²) in [5, 5.41) is 0. The van der Waals surface area contributed by atoms with E-state index in [0.29, 0.717) is 13.1 Å². The molecule has 114 valence electrons. The smallest absolute Gasteiger partial charge is 0.410 e. The Kier molecular flexibility index (Phi) is 4.22. The van der Waals surface area contributed by atoms with E-state index in [9.17, 15) is 4.79 Å².